The SMILES string of the molecule is O=C(c1cnoc1CO)N1CCC[C@H](c2nc(-c3ccc(F)cc3)no2)C1. The van der Waals surface area contributed by atoms with Gasteiger partial charge in [0.1, 0.15) is 18.0 Å². The van der Waals surface area contributed by atoms with Crippen LogP contribution in [0.2, 0.25) is 0 Å². The predicted molar refractivity (Wildman–Crippen MR) is 90.0 cm³/mol. The first-order valence-corrected chi connectivity index (χ1v) is 8.59. The summed E-state index contributed by atoms with van der Waals surface area (Å²) >= 11 is 0. The van der Waals surface area contributed by atoms with Crippen LogP contribution in [-0.4, -0.2) is 44.3 Å². The fourth-order valence-corrected chi connectivity index (χ4v) is 3.20. The third kappa shape index (κ3) is 3.45. The van der Waals surface area contributed by atoms with Crippen LogP contribution in [0.4, 0.5) is 4.39 Å². The molecule has 0 unspecified atom stereocenters. The average molecular weight is 372 g/mol. The number of carbonyl (C=O) groups excluding carboxylic acids is 1. The number of aliphatic hydroxyl groups excluding tert-OH is 1. The zero-order valence-corrected chi connectivity index (χ0v) is 14.3. The summed E-state index contributed by atoms with van der Waals surface area (Å²) in [5.41, 5.74) is 0.919. The van der Waals surface area contributed by atoms with Crippen molar-refractivity contribution < 1.29 is 23.3 Å². The highest BCUT2D eigenvalue weighted by Crippen LogP contribution is 2.28. The van der Waals surface area contributed by atoms with Crippen LogP contribution >= 0.6 is 0 Å². The summed E-state index contributed by atoms with van der Waals surface area (Å²) in [5, 5.41) is 16.8. The molecule has 0 spiro atoms. The Hall–Kier alpha value is -3.07. The van der Waals surface area contributed by atoms with E-state index in [4.69, 9.17) is 9.05 Å². The molecule has 1 aliphatic rings. The first-order valence-electron chi connectivity index (χ1n) is 8.59. The van der Waals surface area contributed by atoms with Gasteiger partial charge in [-0.15, -0.1) is 0 Å². The van der Waals surface area contributed by atoms with E-state index in [1.807, 2.05) is 0 Å². The molecule has 140 valence electrons. The Kier molecular flexibility index (Phi) is 4.68. The van der Waals surface area contributed by atoms with Gasteiger partial charge < -0.3 is 19.1 Å². The van der Waals surface area contributed by atoms with Crippen LogP contribution in [0.15, 0.2) is 39.5 Å². The normalized spacial score (nSPS) is 17.3. The van der Waals surface area contributed by atoms with Crippen LogP contribution in [0, 0.1) is 5.82 Å². The zero-order valence-electron chi connectivity index (χ0n) is 14.3. The van der Waals surface area contributed by atoms with Gasteiger partial charge in [-0.25, -0.2) is 4.39 Å². The van der Waals surface area contributed by atoms with E-state index < -0.39 is 0 Å². The fourth-order valence-electron chi connectivity index (χ4n) is 3.20. The molecule has 0 saturated carbocycles. The van der Waals surface area contributed by atoms with E-state index >= 15 is 0 Å². The highest BCUT2D eigenvalue weighted by atomic mass is 19.1. The number of hydrogen-bond acceptors (Lipinski definition) is 7. The summed E-state index contributed by atoms with van der Waals surface area (Å²) in [5.74, 6) is 0.304. The van der Waals surface area contributed by atoms with Crippen molar-refractivity contribution in [3.05, 3.63) is 53.5 Å². The van der Waals surface area contributed by atoms with E-state index in [-0.39, 0.29) is 35.6 Å². The van der Waals surface area contributed by atoms with Crippen molar-refractivity contribution in [1.82, 2.24) is 20.2 Å². The molecule has 27 heavy (non-hydrogen) atoms. The summed E-state index contributed by atoms with van der Waals surface area (Å²) < 4.78 is 23.3. The number of nitrogens with zero attached hydrogens (tertiary/aromatic N) is 4. The van der Waals surface area contributed by atoms with Crippen LogP contribution in [0.5, 0.6) is 0 Å². The van der Waals surface area contributed by atoms with Gasteiger partial charge in [-0.1, -0.05) is 10.3 Å². The van der Waals surface area contributed by atoms with E-state index in [2.05, 4.69) is 15.3 Å². The quantitative estimate of drug-likeness (QED) is 0.749. The summed E-state index contributed by atoms with van der Waals surface area (Å²) in [7, 11) is 0. The third-order valence-corrected chi connectivity index (χ3v) is 4.62. The van der Waals surface area contributed by atoms with E-state index in [1.165, 1.54) is 18.3 Å². The van der Waals surface area contributed by atoms with Gasteiger partial charge in [-0.3, -0.25) is 4.79 Å². The topological polar surface area (TPSA) is 105 Å². The highest BCUT2D eigenvalue weighted by molar-refractivity contribution is 5.94. The molecule has 0 radical (unpaired) electrons. The highest BCUT2D eigenvalue weighted by Gasteiger charge is 2.31. The molecule has 3 aromatic rings. The van der Waals surface area contributed by atoms with Crippen LogP contribution in [-0.2, 0) is 6.61 Å². The van der Waals surface area contributed by atoms with Gasteiger partial charge in [0.2, 0.25) is 11.7 Å². The summed E-state index contributed by atoms with van der Waals surface area (Å²) in [6.07, 6.45) is 2.91. The first-order chi connectivity index (χ1) is 13.2. The third-order valence-electron chi connectivity index (χ3n) is 4.62. The molecule has 3 heterocycles. The molecular formula is C18H17FN4O4. The molecule has 9 heteroatoms. The lowest BCUT2D eigenvalue weighted by molar-refractivity contribution is 0.0690. The predicted octanol–water partition coefficient (Wildman–Crippen LogP) is 2.38. The Labute approximate surface area is 153 Å². The molecule has 0 aliphatic carbocycles. The van der Waals surface area contributed by atoms with E-state index in [0.29, 0.717) is 30.4 Å². The molecular weight excluding hydrogens is 355 g/mol. The lowest BCUT2D eigenvalue weighted by Crippen LogP contribution is -2.39. The van der Waals surface area contributed by atoms with E-state index in [9.17, 15) is 14.3 Å². The molecule has 4 rings (SSSR count). The number of piperidine rings is 1. The Morgan fingerprint density at radius 3 is 2.89 bits per heavy atom. The summed E-state index contributed by atoms with van der Waals surface area (Å²) in [4.78, 5) is 18.8. The Balaban J connectivity index is 1.50. The molecule has 1 saturated heterocycles. The van der Waals surface area contributed by atoms with Gasteiger partial charge in [0.15, 0.2) is 5.76 Å². The Morgan fingerprint density at radius 2 is 2.11 bits per heavy atom. The molecule has 1 aromatic carbocycles. The molecule has 1 fully saturated rings. The van der Waals surface area contributed by atoms with Crippen LogP contribution in [0.1, 0.15) is 40.8 Å². The van der Waals surface area contributed by atoms with Crippen molar-refractivity contribution in [3.63, 3.8) is 0 Å². The average Bonchev–Trinajstić information content (AvgIpc) is 3.37. The van der Waals surface area contributed by atoms with Gasteiger partial charge in [-0.05, 0) is 37.1 Å². The number of aromatic nitrogens is 3. The minimum Gasteiger partial charge on any atom is -0.388 e. The smallest absolute Gasteiger partial charge is 0.259 e. The van der Waals surface area contributed by atoms with Crippen molar-refractivity contribution in [2.45, 2.75) is 25.4 Å². The van der Waals surface area contributed by atoms with Crippen molar-refractivity contribution in [2.75, 3.05) is 13.1 Å². The number of likely N-dealkylation sites (tertiary alicyclic amines) is 1. The van der Waals surface area contributed by atoms with E-state index in [0.717, 1.165) is 12.8 Å². The number of carbonyl (C=O) groups is 1. The number of rotatable bonds is 4. The summed E-state index contributed by atoms with van der Waals surface area (Å²) in [6, 6.07) is 5.85. The second-order valence-electron chi connectivity index (χ2n) is 6.37. The lowest BCUT2D eigenvalue weighted by Gasteiger charge is -2.30. The Morgan fingerprint density at radius 1 is 1.30 bits per heavy atom. The lowest BCUT2D eigenvalue weighted by atomic mass is 9.97. The number of aliphatic hydroxyl groups is 1. The Bertz CT molecular complexity index is 937. The van der Waals surface area contributed by atoms with Crippen molar-refractivity contribution in [1.29, 1.82) is 0 Å². The largest absolute Gasteiger partial charge is 0.388 e. The fraction of sp³-hybridized carbons (Fsp3) is 0.333. The standard InChI is InChI=1S/C18H17FN4O4/c19-13-5-3-11(4-6-13)16-21-17(27-22-16)12-2-1-7-23(9-12)18(25)14-8-20-26-15(14)10-24/h3-6,8,12,24H,1-2,7,9-10H2/t12-/m0/s1. The number of hydrogen-bond donors (Lipinski definition) is 1. The van der Waals surface area contributed by atoms with E-state index in [1.54, 1.807) is 17.0 Å². The first kappa shape index (κ1) is 17.3. The van der Waals surface area contributed by atoms with Gasteiger partial charge >= 0.3 is 0 Å². The van der Waals surface area contributed by atoms with Crippen molar-refractivity contribution in [3.8, 4) is 11.4 Å². The van der Waals surface area contributed by atoms with Crippen molar-refractivity contribution in [2.24, 2.45) is 0 Å². The molecule has 0 bridgehead atoms. The second-order valence-corrected chi connectivity index (χ2v) is 6.37. The summed E-state index contributed by atoms with van der Waals surface area (Å²) in [6.45, 7) is 0.618. The maximum atomic E-state index is 13.1. The van der Waals surface area contributed by atoms with Crippen LogP contribution in [0.3, 0.4) is 0 Å². The van der Waals surface area contributed by atoms with Gasteiger partial charge in [0.25, 0.3) is 5.91 Å². The van der Waals surface area contributed by atoms with Crippen LogP contribution < -0.4 is 0 Å². The van der Waals surface area contributed by atoms with Gasteiger partial charge in [0.05, 0.1) is 12.1 Å². The number of amides is 1. The second kappa shape index (κ2) is 7.28. The minimum atomic E-state index is -0.386. The number of benzene rings is 1. The molecule has 1 aliphatic heterocycles. The monoisotopic (exact) mass is 372 g/mol. The maximum absolute atomic E-state index is 13.1. The number of halogens is 1. The molecule has 1 amide bonds. The van der Waals surface area contributed by atoms with Crippen molar-refractivity contribution >= 4 is 5.91 Å². The van der Waals surface area contributed by atoms with Crippen LogP contribution in [0.25, 0.3) is 11.4 Å². The van der Waals surface area contributed by atoms with Gasteiger partial charge in [0, 0.05) is 18.7 Å². The molecule has 2 aromatic heterocycles. The molecule has 8 nitrogen and oxygen atoms in total. The zero-order chi connectivity index (χ0) is 18.8. The maximum Gasteiger partial charge on any atom is 0.259 e. The minimum absolute atomic E-state index is 0.0955. The molecule has 1 N–H and O–H groups in total. The molecule has 1 atom stereocenters. The van der Waals surface area contributed by atoms with Gasteiger partial charge in [-0.2, -0.15) is 4.98 Å².